The number of amides is 1. The molecule has 0 saturated carbocycles. The van der Waals surface area contributed by atoms with Crippen molar-refractivity contribution in [3.8, 4) is 17.2 Å². The molecule has 0 bridgehead atoms. The zero-order valence-corrected chi connectivity index (χ0v) is 22.7. The second-order valence-electron chi connectivity index (χ2n) is 7.88. The van der Waals surface area contributed by atoms with Gasteiger partial charge in [-0.3, -0.25) is 4.79 Å². The Morgan fingerprint density at radius 3 is 2.56 bits per heavy atom. The Kier molecular flexibility index (Phi) is 11.0. The number of thioether (sulfide) groups is 1. The number of carbonyl (C=O) groups excluding carboxylic acids is 1. The van der Waals surface area contributed by atoms with Gasteiger partial charge in [-0.15, -0.1) is 10.2 Å². The van der Waals surface area contributed by atoms with Gasteiger partial charge in [0.15, 0.2) is 15.8 Å². The van der Waals surface area contributed by atoms with Crippen molar-refractivity contribution in [1.29, 1.82) is 0 Å². The molecule has 192 valence electrons. The Morgan fingerprint density at radius 1 is 1.08 bits per heavy atom. The van der Waals surface area contributed by atoms with Crippen molar-refractivity contribution >= 4 is 35.2 Å². The van der Waals surface area contributed by atoms with Crippen molar-refractivity contribution in [3.63, 3.8) is 0 Å². The van der Waals surface area contributed by atoms with Crippen LogP contribution in [0.25, 0.3) is 0 Å². The summed E-state index contributed by atoms with van der Waals surface area (Å²) in [6.07, 6.45) is 2.68. The van der Waals surface area contributed by atoms with E-state index in [0.29, 0.717) is 37.2 Å². The van der Waals surface area contributed by atoms with Crippen LogP contribution in [0.4, 0.5) is 0 Å². The maximum absolute atomic E-state index is 12.0. The molecule has 1 N–H and O–H groups in total. The zero-order chi connectivity index (χ0) is 25.8. The molecule has 0 fully saturated rings. The molecule has 0 aliphatic carbocycles. The largest absolute Gasteiger partial charge is 0.490 e. The minimum atomic E-state index is -0.219. The molecule has 0 radical (unpaired) electrons. The van der Waals surface area contributed by atoms with Gasteiger partial charge >= 0.3 is 0 Å². The summed E-state index contributed by atoms with van der Waals surface area (Å²) in [6, 6.07) is 13.7. The van der Waals surface area contributed by atoms with E-state index >= 15 is 0 Å². The molecule has 3 aromatic rings. The molecule has 0 spiro atoms. The van der Waals surface area contributed by atoms with Crippen LogP contribution in [0, 0.1) is 6.92 Å². The Morgan fingerprint density at radius 2 is 1.86 bits per heavy atom. The fourth-order valence-corrected chi connectivity index (χ4v) is 4.72. The molecule has 0 aliphatic rings. The number of aryl methyl sites for hydroxylation is 1. The van der Waals surface area contributed by atoms with Crippen LogP contribution >= 0.6 is 23.1 Å². The highest BCUT2D eigenvalue weighted by Gasteiger charge is 2.08. The Hall–Kier alpha value is -3.11. The third-order valence-electron chi connectivity index (χ3n) is 5.18. The third kappa shape index (κ3) is 8.83. The molecular weight excluding hydrogens is 496 g/mol. The molecule has 1 atom stereocenters. The normalized spacial score (nSPS) is 11.9. The first-order chi connectivity index (χ1) is 17.5. The van der Waals surface area contributed by atoms with Gasteiger partial charge in [0.2, 0.25) is 0 Å². The van der Waals surface area contributed by atoms with E-state index in [4.69, 9.17) is 14.2 Å². The number of hydrogen-bond acceptors (Lipinski definition) is 9. The van der Waals surface area contributed by atoms with E-state index in [1.807, 2.05) is 44.2 Å². The van der Waals surface area contributed by atoms with E-state index < -0.39 is 0 Å². The van der Waals surface area contributed by atoms with E-state index in [9.17, 15) is 4.79 Å². The van der Waals surface area contributed by atoms with Gasteiger partial charge in [-0.05, 0) is 67.6 Å². The summed E-state index contributed by atoms with van der Waals surface area (Å²) in [4.78, 5) is 12.0. The van der Waals surface area contributed by atoms with E-state index in [2.05, 4.69) is 46.7 Å². The molecule has 0 aliphatic heterocycles. The fraction of sp³-hybridized carbons (Fsp3) is 0.385. The van der Waals surface area contributed by atoms with Crippen molar-refractivity contribution < 1.29 is 19.0 Å². The predicted molar refractivity (Wildman–Crippen MR) is 145 cm³/mol. The quantitative estimate of drug-likeness (QED) is 0.128. The lowest BCUT2D eigenvalue weighted by atomic mass is 9.99. The van der Waals surface area contributed by atoms with Crippen LogP contribution in [0.3, 0.4) is 0 Å². The topological polar surface area (TPSA) is 94.9 Å². The van der Waals surface area contributed by atoms with Gasteiger partial charge in [-0.1, -0.05) is 49.1 Å². The number of aromatic nitrogens is 2. The van der Waals surface area contributed by atoms with Gasteiger partial charge in [0.05, 0.1) is 18.6 Å². The molecule has 1 heterocycles. The van der Waals surface area contributed by atoms with E-state index in [1.165, 1.54) is 28.7 Å². The van der Waals surface area contributed by atoms with Crippen LogP contribution < -0.4 is 19.6 Å². The van der Waals surface area contributed by atoms with Gasteiger partial charge in [-0.2, -0.15) is 5.10 Å². The van der Waals surface area contributed by atoms with Gasteiger partial charge in [0, 0.05) is 0 Å². The summed E-state index contributed by atoms with van der Waals surface area (Å²) in [5.74, 6) is 2.58. The Bertz CT molecular complexity index is 1140. The molecule has 36 heavy (non-hydrogen) atoms. The van der Waals surface area contributed by atoms with Crippen LogP contribution in [0.15, 0.2) is 51.9 Å². The van der Waals surface area contributed by atoms with Gasteiger partial charge in [0.1, 0.15) is 24.0 Å². The number of hydrazone groups is 1. The molecule has 1 amide bonds. The van der Waals surface area contributed by atoms with Crippen LogP contribution in [-0.4, -0.2) is 47.9 Å². The van der Waals surface area contributed by atoms with Gasteiger partial charge in [0.25, 0.3) is 5.91 Å². The summed E-state index contributed by atoms with van der Waals surface area (Å²) in [7, 11) is 0. The lowest BCUT2D eigenvalue weighted by molar-refractivity contribution is -0.118. The lowest BCUT2D eigenvalue weighted by Gasteiger charge is -2.14. The molecule has 1 unspecified atom stereocenters. The van der Waals surface area contributed by atoms with Gasteiger partial charge < -0.3 is 14.2 Å². The van der Waals surface area contributed by atoms with Crippen LogP contribution in [0.1, 0.15) is 49.2 Å². The van der Waals surface area contributed by atoms with Crippen LogP contribution in [0.2, 0.25) is 0 Å². The number of hydrogen-bond donors (Lipinski definition) is 1. The van der Waals surface area contributed by atoms with Crippen molar-refractivity contribution in [2.24, 2.45) is 5.10 Å². The van der Waals surface area contributed by atoms with E-state index in [0.717, 1.165) is 27.1 Å². The number of rotatable bonds is 14. The summed E-state index contributed by atoms with van der Waals surface area (Å²) in [6.45, 7) is 9.48. The Balaban J connectivity index is 1.46. The van der Waals surface area contributed by atoms with E-state index in [1.54, 1.807) is 6.21 Å². The number of nitrogens with one attached hydrogen (secondary N) is 1. The highest BCUT2D eigenvalue weighted by molar-refractivity contribution is 8.01. The standard InChI is InChI=1S/C26H32N4O4S2/c1-5-18(3)21-8-10-22(11-9-21)33-13-14-34-23-12-7-20(15-24(23)32-6-2)16-27-29-25(31)17-35-26-30-28-19(4)36-26/h7-12,15-16,18H,5-6,13-14,17H2,1-4H3,(H,29,31). The molecule has 2 aromatic carbocycles. The smallest absolute Gasteiger partial charge is 0.250 e. The minimum absolute atomic E-state index is 0.215. The van der Waals surface area contributed by atoms with Crippen LogP contribution in [-0.2, 0) is 4.79 Å². The first-order valence-electron chi connectivity index (χ1n) is 11.9. The molecule has 3 rings (SSSR count). The van der Waals surface area contributed by atoms with Crippen molar-refractivity contribution in [3.05, 3.63) is 58.6 Å². The monoisotopic (exact) mass is 528 g/mol. The van der Waals surface area contributed by atoms with Gasteiger partial charge in [-0.25, -0.2) is 5.43 Å². The number of benzene rings is 2. The molecular formula is C26H32N4O4S2. The highest BCUT2D eigenvalue weighted by atomic mass is 32.2. The molecule has 0 saturated heterocycles. The van der Waals surface area contributed by atoms with Crippen molar-refractivity contribution in [2.75, 3.05) is 25.6 Å². The summed E-state index contributed by atoms with van der Waals surface area (Å²) < 4.78 is 18.2. The average Bonchev–Trinajstić information content (AvgIpc) is 3.31. The first kappa shape index (κ1) is 27.5. The second kappa shape index (κ2) is 14.4. The Labute approximate surface area is 220 Å². The number of carbonyl (C=O) groups is 1. The zero-order valence-electron chi connectivity index (χ0n) is 21.0. The summed E-state index contributed by atoms with van der Waals surface area (Å²) in [5.41, 5.74) is 4.61. The highest BCUT2D eigenvalue weighted by Crippen LogP contribution is 2.28. The second-order valence-corrected chi connectivity index (χ2v) is 10.3. The molecule has 10 heteroatoms. The molecule has 8 nitrogen and oxygen atoms in total. The first-order valence-corrected chi connectivity index (χ1v) is 13.7. The number of nitrogens with zero attached hydrogens (tertiary/aromatic N) is 3. The van der Waals surface area contributed by atoms with E-state index in [-0.39, 0.29) is 11.7 Å². The van der Waals surface area contributed by atoms with Crippen molar-refractivity contribution in [2.45, 2.75) is 44.4 Å². The SMILES string of the molecule is CCOc1cc(C=NNC(=O)CSc2nnc(C)s2)ccc1OCCOc1ccc(C(C)CC)cc1. The minimum Gasteiger partial charge on any atom is -0.490 e. The summed E-state index contributed by atoms with van der Waals surface area (Å²) in [5, 5.41) is 12.8. The fourth-order valence-electron chi connectivity index (χ4n) is 3.11. The predicted octanol–water partition coefficient (Wildman–Crippen LogP) is 5.46. The van der Waals surface area contributed by atoms with Crippen LogP contribution in [0.5, 0.6) is 17.2 Å². The van der Waals surface area contributed by atoms with Crippen molar-refractivity contribution in [1.82, 2.24) is 15.6 Å². The number of ether oxygens (including phenoxy) is 3. The molecule has 1 aromatic heterocycles. The maximum Gasteiger partial charge on any atom is 0.250 e. The third-order valence-corrected chi connectivity index (χ3v) is 7.15. The summed E-state index contributed by atoms with van der Waals surface area (Å²) >= 11 is 2.78. The average molecular weight is 529 g/mol. The lowest BCUT2D eigenvalue weighted by Crippen LogP contribution is -2.19. The maximum atomic E-state index is 12.0.